The Hall–Kier alpha value is -1.07. The number of morpholine rings is 1. The Morgan fingerprint density at radius 1 is 1.75 bits per heavy atom. The van der Waals surface area contributed by atoms with E-state index >= 15 is 0 Å². The van der Waals surface area contributed by atoms with Gasteiger partial charge in [-0.15, -0.1) is 0 Å². The molecule has 1 rings (SSSR count). The number of nitrogens with one attached hydrogen (secondary N) is 2. The van der Waals surface area contributed by atoms with Crippen LogP contribution >= 0.6 is 0 Å². The number of carboxylic acid groups (broad SMARTS) is 1. The lowest BCUT2D eigenvalue weighted by atomic mass is 10.4. The summed E-state index contributed by atoms with van der Waals surface area (Å²) in [4.78, 5) is 10.1. The van der Waals surface area contributed by atoms with Crippen LogP contribution in [0.2, 0.25) is 0 Å². The average Bonchev–Trinajstić information content (AvgIpc) is 2.05. The first-order valence-corrected chi connectivity index (χ1v) is 3.77. The maximum Gasteiger partial charge on any atom is 0.329 e. The molecular formula is C7H12N2O3. The van der Waals surface area contributed by atoms with Crippen LogP contribution in [0, 0.1) is 0 Å². The zero-order chi connectivity index (χ0) is 8.81. The molecule has 0 saturated carbocycles. The van der Waals surface area contributed by atoms with Crippen LogP contribution in [0.15, 0.2) is 12.3 Å². The largest absolute Gasteiger partial charge is 0.478 e. The molecule has 0 aliphatic carbocycles. The Morgan fingerprint density at radius 3 is 3.17 bits per heavy atom. The monoisotopic (exact) mass is 172 g/mol. The average molecular weight is 172 g/mol. The number of hydrogen-bond acceptors (Lipinski definition) is 4. The number of ether oxygens (including phenoxy) is 1. The molecule has 1 saturated heterocycles. The third-order valence-corrected chi connectivity index (χ3v) is 1.44. The molecule has 0 amide bonds. The van der Waals surface area contributed by atoms with Gasteiger partial charge < -0.3 is 20.5 Å². The molecule has 68 valence electrons. The van der Waals surface area contributed by atoms with Crippen LogP contribution < -0.4 is 10.6 Å². The van der Waals surface area contributed by atoms with E-state index in [4.69, 9.17) is 9.84 Å². The molecule has 1 fully saturated rings. The number of carboxylic acids is 1. The second-order valence-corrected chi connectivity index (χ2v) is 2.40. The van der Waals surface area contributed by atoms with Crippen molar-refractivity contribution in [3.05, 3.63) is 12.3 Å². The van der Waals surface area contributed by atoms with E-state index in [2.05, 4.69) is 10.6 Å². The van der Waals surface area contributed by atoms with Crippen molar-refractivity contribution in [1.29, 1.82) is 0 Å². The van der Waals surface area contributed by atoms with Crippen LogP contribution in [-0.4, -0.2) is 37.0 Å². The standard InChI is InChI=1S/C7H12N2O3/c10-7(11)1-2-9-6-5-8-3-4-12-6/h1-2,6,8-9H,3-5H2,(H,10,11)/b2-1+. The molecule has 0 spiro atoms. The lowest BCUT2D eigenvalue weighted by Gasteiger charge is -2.23. The normalized spacial score (nSPS) is 24.2. The highest BCUT2D eigenvalue weighted by molar-refractivity contribution is 5.79. The van der Waals surface area contributed by atoms with Crippen molar-refractivity contribution >= 4 is 5.97 Å². The molecule has 5 nitrogen and oxygen atoms in total. The van der Waals surface area contributed by atoms with Gasteiger partial charge in [-0.3, -0.25) is 0 Å². The summed E-state index contributed by atoms with van der Waals surface area (Å²) >= 11 is 0. The zero-order valence-electron chi connectivity index (χ0n) is 6.62. The molecule has 0 bridgehead atoms. The number of aliphatic carboxylic acids is 1. The van der Waals surface area contributed by atoms with Gasteiger partial charge in [0.25, 0.3) is 0 Å². The van der Waals surface area contributed by atoms with Gasteiger partial charge >= 0.3 is 5.97 Å². The molecule has 1 aliphatic heterocycles. The van der Waals surface area contributed by atoms with Gasteiger partial charge in [0, 0.05) is 25.4 Å². The summed E-state index contributed by atoms with van der Waals surface area (Å²) in [6.45, 7) is 2.20. The number of carbonyl (C=O) groups is 1. The minimum Gasteiger partial charge on any atom is -0.478 e. The first kappa shape index (κ1) is 9.02. The molecule has 3 N–H and O–H groups in total. The predicted octanol–water partition coefficient (Wildman–Crippen LogP) is -0.880. The van der Waals surface area contributed by atoms with E-state index in [0.717, 1.165) is 12.6 Å². The van der Waals surface area contributed by atoms with Crippen LogP contribution in [0.4, 0.5) is 0 Å². The van der Waals surface area contributed by atoms with Crippen molar-refractivity contribution in [2.75, 3.05) is 19.7 Å². The van der Waals surface area contributed by atoms with Gasteiger partial charge in [0.1, 0.15) is 6.23 Å². The number of rotatable bonds is 3. The summed E-state index contributed by atoms with van der Waals surface area (Å²) in [5.74, 6) is -0.966. The highest BCUT2D eigenvalue weighted by Gasteiger charge is 2.09. The molecule has 1 unspecified atom stereocenters. The van der Waals surface area contributed by atoms with E-state index in [1.165, 1.54) is 6.20 Å². The van der Waals surface area contributed by atoms with E-state index < -0.39 is 5.97 Å². The summed E-state index contributed by atoms with van der Waals surface area (Å²) in [6.07, 6.45) is 2.30. The van der Waals surface area contributed by atoms with E-state index in [1.807, 2.05) is 0 Å². The first-order valence-electron chi connectivity index (χ1n) is 3.77. The van der Waals surface area contributed by atoms with Gasteiger partial charge in [-0.1, -0.05) is 0 Å². The van der Waals surface area contributed by atoms with Gasteiger partial charge in [0.15, 0.2) is 0 Å². The van der Waals surface area contributed by atoms with Crippen molar-refractivity contribution in [2.45, 2.75) is 6.23 Å². The Balaban J connectivity index is 2.17. The molecule has 0 aromatic carbocycles. The van der Waals surface area contributed by atoms with Crippen molar-refractivity contribution in [2.24, 2.45) is 0 Å². The molecule has 1 heterocycles. The van der Waals surface area contributed by atoms with Crippen LogP contribution in [0.1, 0.15) is 0 Å². The van der Waals surface area contributed by atoms with Crippen LogP contribution in [0.3, 0.4) is 0 Å². The predicted molar refractivity (Wildman–Crippen MR) is 42.5 cm³/mol. The van der Waals surface area contributed by atoms with Crippen LogP contribution in [0.5, 0.6) is 0 Å². The lowest BCUT2D eigenvalue weighted by molar-refractivity contribution is -0.131. The van der Waals surface area contributed by atoms with Crippen LogP contribution in [0.25, 0.3) is 0 Å². The quantitative estimate of drug-likeness (QED) is 0.482. The zero-order valence-corrected chi connectivity index (χ0v) is 6.62. The molecule has 0 radical (unpaired) electrons. The summed E-state index contributed by atoms with van der Waals surface area (Å²) in [7, 11) is 0. The van der Waals surface area contributed by atoms with Gasteiger partial charge in [-0.2, -0.15) is 0 Å². The topological polar surface area (TPSA) is 70.6 Å². The maximum atomic E-state index is 10.1. The molecule has 5 heteroatoms. The third kappa shape index (κ3) is 3.36. The van der Waals surface area contributed by atoms with Crippen molar-refractivity contribution in [3.8, 4) is 0 Å². The Morgan fingerprint density at radius 2 is 2.58 bits per heavy atom. The van der Waals surface area contributed by atoms with Gasteiger partial charge in [0.05, 0.1) is 6.61 Å². The second-order valence-electron chi connectivity index (χ2n) is 2.40. The van der Waals surface area contributed by atoms with E-state index in [0.29, 0.717) is 13.2 Å². The second kappa shape index (κ2) is 4.74. The Kier molecular flexibility index (Phi) is 3.56. The molecule has 12 heavy (non-hydrogen) atoms. The Bertz CT molecular complexity index is 175. The van der Waals surface area contributed by atoms with E-state index in [9.17, 15) is 4.79 Å². The summed E-state index contributed by atoms with van der Waals surface area (Å²) < 4.78 is 5.24. The highest BCUT2D eigenvalue weighted by Crippen LogP contribution is 1.90. The van der Waals surface area contributed by atoms with E-state index in [-0.39, 0.29) is 6.23 Å². The van der Waals surface area contributed by atoms with Gasteiger partial charge in [-0.25, -0.2) is 4.79 Å². The first-order chi connectivity index (χ1) is 5.79. The fourth-order valence-corrected chi connectivity index (χ4v) is 0.899. The minimum absolute atomic E-state index is 0.116. The van der Waals surface area contributed by atoms with Gasteiger partial charge in [-0.05, 0) is 0 Å². The minimum atomic E-state index is -0.966. The van der Waals surface area contributed by atoms with Crippen molar-refractivity contribution in [3.63, 3.8) is 0 Å². The lowest BCUT2D eigenvalue weighted by Crippen LogP contribution is -2.45. The maximum absolute atomic E-state index is 10.1. The molecule has 0 aromatic heterocycles. The van der Waals surface area contributed by atoms with Gasteiger partial charge in [0.2, 0.25) is 0 Å². The number of hydrogen-bond donors (Lipinski definition) is 3. The highest BCUT2D eigenvalue weighted by atomic mass is 16.5. The molecular weight excluding hydrogens is 160 g/mol. The SMILES string of the molecule is O=C(O)/C=C/NC1CNCCO1. The fourth-order valence-electron chi connectivity index (χ4n) is 0.899. The summed E-state index contributed by atoms with van der Waals surface area (Å²) in [5.41, 5.74) is 0. The fraction of sp³-hybridized carbons (Fsp3) is 0.571. The Labute approximate surface area is 70.4 Å². The molecule has 0 aromatic rings. The summed E-state index contributed by atoms with van der Waals surface area (Å²) in [6, 6.07) is 0. The summed E-state index contributed by atoms with van der Waals surface area (Å²) in [5, 5.41) is 14.2. The smallest absolute Gasteiger partial charge is 0.329 e. The molecule has 1 aliphatic rings. The van der Waals surface area contributed by atoms with Crippen molar-refractivity contribution < 1.29 is 14.6 Å². The van der Waals surface area contributed by atoms with Crippen molar-refractivity contribution in [1.82, 2.24) is 10.6 Å². The third-order valence-electron chi connectivity index (χ3n) is 1.44. The molecule has 1 atom stereocenters. The van der Waals surface area contributed by atoms with E-state index in [1.54, 1.807) is 0 Å². The van der Waals surface area contributed by atoms with Crippen LogP contribution in [-0.2, 0) is 9.53 Å².